The lowest BCUT2D eigenvalue weighted by molar-refractivity contribution is 0.331. The van der Waals surface area contributed by atoms with Crippen LogP contribution in [0.4, 0.5) is 4.39 Å². The molecule has 0 amide bonds. The zero-order valence-electron chi connectivity index (χ0n) is 11.5. The molecule has 0 radical (unpaired) electrons. The Kier molecular flexibility index (Phi) is 5.14. The van der Waals surface area contributed by atoms with Gasteiger partial charge in [0, 0.05) is 10.9 Å². The molecule has 0 saturated heterocycles. The van der Waals surface area contributed by atoms with Crippen molar-refractivity contribution >= 4 is 11.8 Å². The highest BCUT2D eigenvalue weighted by molar-refractivity contribution is 7.98. The average molecular weight is 295 g/mol. The Morgan fingerprint density at radius 3 is 2.65 bits per heavy atom. The fourth-order valence-corrected chi connectivity index (χ4v) is 2.67. The van der Waals surface area contributed by atoms with Crippen LogP contribution in [0.15, 0.2) is 33.7 Å². The predicted molar refractivity (Wildman–Crippen MR) is 76.9 cm³/mol. The summed E-state index contributed by atoms with van der Waals surface area (Å²) in [5, 5.41) is 3.96. The summed E-state index contributed by atoms with van der Waals surface area (Å²) in [7, 11) is 0. The largest absolute Gasteiger partial charge is 0.339 e. The average Bonchev–Trinajstić information content (AvgIpc) is 2.87. The van der Waals surface area contributed by atoms with Crippen LogP contribution in [0.1, 0.15) is 37.9 Å². The summed E-state index contributed by atoms with van der Waals surface area (Å²) in [5.41, 5.74) is 5.90. The standard InChI is InChI=1S/C14H18FN3OS/c1-3-12(9(2)16)14-17-13(18-19-14)8-20-11-6-4-10(15)5-7-11/h4-7,9,12H,3,8,16H2,1-2H3. The van der Waals surface area contributed by atoms with Crippen molar-refractivity contribution in [2.45, 2.75) is 42.9 Å². The van der Waals surface area contributed by atoms with Crippen molar-refractivity contribution in [1.82, 2.24) is 10.1 Å². The summed E-state index contributed by atoms with van der Waals surface area (Å²) in [4.78, 5) is 5.35. The summed E-state index contributed by atoms with van der Waals surface area (Å²) >= 11 is 1.54. The molecule has 0 bridgehead atoms. The molecule has 108 valence electrons. The molecular weight excluding hydrogens is 277 g/mol. The molecule has 2 atom stereocenters. The second-order valence-electron chi connectivity index (χ2n) is 4.67. The molecule has 0 aliphatic rings. The number of hydrogen-bond donors (Lipinski definition) is 1. The lowest BCUT2D eigenvalue weighted by atomic mass is 9.99. The number of nitrogens with zero attached hydrogens (tertiary/aromatic N) is 2. The van der Waals surface area contributed by atoms with Crippen LogP contribution in [0.2, 0.25) is 0 Å². The molecule has 0 aliphatic heterocycles. The topological polar surface area (TPSA) is 64.9 Å². The van der Waals surface area contributed by atoms with Gasteiger partial charge in [0.25, 0.3) is 0 Å². The highest BCUT2D eigenvalue weighted by Crippen LogP contribution is 2.24. The van der Waals surface area contributed by atoms with Gasteiger partial charge >= 0.3 is 0 Å². The van der Waals surface area contributed by atoms with E-state index in [1.165, 1.54) is 12.1 Å². The molecule has 1 aromatic heterocycles. The number of hydrogen-bond acceptors (Lipinski definition) is 5. The van der Waals surface area contributed by atoms with E-state index >= 15 is 0 Å². The Bertz CT molecular complexity index is 542. The minimum atomic E-state index is -0.237. The fourth-order valence-electron chi connectivity index (χ4n) is 1.93. The normalized spacial score (nSPS) is 14.2. The van der Waals surface area contributed by atoms with E-state index in [1.807, 2.05) is 13.8 Å². The van der Waals surface area contributed by atoms with Crippen LogP contribution in [0, 0.1) is 5.82 Å². The molecule has 0 spiro atoms. The minimum Gasteiger partial charge on any atom is -0.339 e. The second-order valence-corrected chi connectivity index (χ2v) is 5.71. The van der Waals surface area contributed by atoms with Gasteiger partial charge in [-0.25, -0.2) is 4.39 Å². The number of rotatable bonds is 6. The highest BCUT2D eigenvalue weighted by atomic mass is 32.2. The SMILES string of the molecule is CCC(c1nc(CSc2ccc(F)cc2)no1)C(C)N. The van der Waals surface area contributed by atoms with Gasteiger partial charge in [0.1, 0.15) is 5.82 Å². The maximum Gasteiger partial charge on any atom is 0.231 e. The molecular formula is C14H18FN3OS. The molecule has 4 nitrogen and oxygen atoms in total. The van der Waals surface area contributed by atoms with Gasteiger partial charge in [0.2, 0.25) is 5.89 Å². The number of benzene rings is 1. The molecule has 0 aliphatic carbocycles. The van der Waals surface area contributed by atoms with Crippen LogP contribution in [-0.2, 0) is 5.75 Å². The zero-order valence-corrected chi connectivity index (χ0v) is 12.4. The third kappa shape index (κ3) is 3.80. The lowest BCUT2D eigenvalue weighted by Crippen LogP contribution is -2.24. The lowest BCUT2D eigenvalue weighted by Gasteiger charge is -2.13. The Morgan fingerprint density at radius 1 is 1.35 bits per heavy atom. The summed E-state index contributed by atoms with van der Waals surface area (Å²) in [6, 6.07) is 6.33. The van der Waals surface area contributed by atoms with Crippen molar-refractivity contribution in [3.05, 3.63) is 41.8 Å². The number of nitrogens with two attached hydrogens (primary N) is 1. The zero-order chi connectivity index (χ0) is 14.5. The van der Waals surface area contributed by atoms with E-state index < -0.39 is 0 Å². The monoisotopic (exact) mass is 295 g/mol. The summed E-state index contributed by atoms with van der Waals surface area (Å²) < 4.78 is 18.1. The van der Waals surface area contributed by atoms with Crippen molar-refractivity contribution in [2.75, 3.05) is 0 Å². The summed E-state index contributed by atoms with van der Waals surface area (Å²) in [6.07, 6.45) is 0.865. The summed E-state index contributed by atoms with van der Waals surface area (Å²) in [5.74, 6) is 1.67. The molecule has 1 heterocycles. The molecule has 2 rings (SSSR count). The van der Waals surface area contributed by atoms with Gasteiger partial charge in [-0.05, 0) is 37.6 Å². The molecule has 0 saturated carbocycles. The first-order valence-electron chi connectivity index (χ1n) is 6.56. The van der Waals surface area contributed by atoms with E-state index in [0.29, 0.717) is 17.5 Å². The fraction of sp³-hybridized carbons (Fsp3) is 0.429. The Morgan fingerprint density at radius 2 is 2.05 bits per heavy atom. The Balaban J connectivity index is 1.97. The third-order valence-electron chi connectivity index (χ3n) is 3.06. The van der Waals surface area contributed by atoms with Crippen molar-refractivity contribution in [1.29, 1.82) is 0 Å². The van der Waals surface area contributed by atoms with Gasteiger partial charge in [-0.3, -0.25) is 0 Å². The predicted octanol–water partition coefficient (Wildman–Crippen LogP) is 3.34. The maximum absolute atomic E-state index is 12.8. The van der Waals surface area contributed by atoms with Gasteiger partial charge in [0.15, 0.2) is 5.82 Å². The number of thioether (sulfide) groups is 1. The van der Waals surface area contributed by atoms with Gasteiger partial charge in [-0.2, -0.15) is 4.98 Å². The molecule has 0 fully saturated rings. The second kappa shape index (κ2) is 6.85. The van der Waals surface area contributed by atoms with Crippen LogP contribution in [0.3, 0.4) is 0 Å². The molecule has 2 aromatic rings. The smallest absolute Gasteiger partial charge is 0.231 e. The minimum absolute atomic E-state index is 0.0157. The van der Waals surface area contributed by atoms with Crippen LogP contribution < -0.4 is 5.73 Å². The van der Waals surface area contributed by atoms with Crippen LogP contribution in [0.5, 0.6) is 0 Å². The van der Waals surface area contributed by atoms with Gasteiger partial charge in [-0.1, -0.05) is 12.1 Å². The molecule has 20 heavy (non-hydrogen) atoms. The van der Waals surface area contributed by atoms with E-state index in [2.05, 4.69) is 10.1 Å². The molecule has 2 unspecified atom stereocenters. The van der Waals surface area contributed by atoms with Crippen LogP contribution in [0.25, 0.3) is 0 Å². The maximum atomic E-state index is 12.8. The van der Waals surface area contributed by atoms with E-state index in [4.69, 9.17) is 10.3 Å². The van der Waals surface area contributed by atoms with Crippen LogP contribution in [-0.4, -0.2) is 16.2 Å². The quantitative estimate of drug-likeness (QED) is 0.828. The van der Waals surface area contributed by atoms with Gasteiger partial charge in [-0.15, -0.1) is 11.8 Å². The van der Waals surface area contributed by atoms with Gasteiger partial charge in [0.05, 0.1) is 11.7 Å². The van der Waals surface area contributed by atoms with Crippen molar-refractivity contribution in [3.63, 3.8) is 0 Å². The molecule has 6 heteroatoms. The third-order valence-corrected chi connectivity index (χ3v) is 4.07. The highest BCUT2D eigenvalue weighted by Gasteiger charge is 2.20. The van der Waals surface area contributed by atoms with E-state index in [0.717, 1.165) is 11.3 Å². The molecule has 2 N–H and O–H groups in total. The van der Waals surface area contributed by atoms with Crippen molar-refractivity contribution in [2.24, 2.45) is 5.73 Å². The first-order valence-corrected chi connectivity index (χ1v) is 7.55. The van der Waals surface area contributed by atoms with E-state index in [-0.39, 0.29) is 17.8 Å². The van der Waals surface area contributed by atoms with Crippen LogP contribution >= 0.6 is 11.8 Å². The molecule has 1 aromatic carbocycles. The number of halogens is 1. The van der Waals surface area contributed by atoms with Crippen molar-refractivity contribution in [3.8, 4) is 0 Å². The number of aromatic nitrogens is 2. The Hall–Kier alpha value is -1.40. The first kappa shape index (κ1) is 15.0. The van der Waals surface area contributed by atoms with Gasteiger partial charge < -0.3 is 10.3 Å². The van der Waals surface area contributed by atoms with Crippen molar-refractivity contribution < 1.29 is 8.91 Å². The first-order chi connectivity index (χ1) is 9.60. The van der Waals surface area contributed by atoms with E-state index in [9.17, 15) is 4.39 Å². The Labute approximate surface area is 121 Å². The summed E-state index contributed by atoms with van der Waals surface area (Å²) in [6.45, 7) is 3.98. The van der Waals surface area contributed by atoms with E-state index in [1.54, 1.807) is 23.9 Å².